The van der Waals surface area contributed by atoms with E-state index in [-0.39, 0.29) is 0 Å². The van der Waals surface area contributed by atoms with Gasteiger partial charge in [-0.05, 0) is 0 Å². The third kappa shape index (κ3) is 17.5. The van der Waals surface area contributed by atoms with E-state index < -0.39 is 11.9 Å². The van der Waals surface area contributed by atoms with Crippen molar-refractivity contribution in [2.45, 2.75) is 20.8 Å². The molecule has 0 heterocycles. The van der Waals surface area contributed by atoms with Crippen molar-refractivity contribution >= 4 is 15.0 Å². The molecule has 3 N–H and O–H groups in total. The van der Waals surface area contributed by atoms with Crippen LogP contribution in [0.1, 0.15) is 19.4 Å². The van der Waals surface area contributed by atoms with Crippen molar-refractivity contribution in [1.29, 1.82) is 0 Å². The van der Waals surface area contributed by atoms with Gasteiger partial charge in [0.2, 0.25) is 0 Å². The predicted octanol–water partition coefficient (Wildman–Crippen LogP) is 1.05. The summed E-state index contributed by atoms with van der Waals surface area (Å²) in [6.07, 6.45) is 0. The van der Waals surface area contributed by atoms with Gasteiger partial charge in [-0.3, -0.25) is 9.59 Å². The number of carbonyl (C=O) groups is 2. The van der Waals surface area contributed by atoms with Gasteiger partial charge in [0.1, 0.15) is 0 Å². The van der Waals surface area contributed by atoms with Gasteiger partial charge >= 0.3 is 70.7 Å². The third-order valence-corrected chi connectivity index (χ3v) is 3.44. The number of benzene rings is 1. The van der Waals surface area contributed by atoms with Crippen molar-refractivity contribution in [2.75, 3.05) is 0 Å². The molecule has 0 aliphatic rings. The molecule has 91 valence electrons. The summed E-state index contributed by atoms with van der Waals surface area (Å²) in [6.45, 7) is 4.20. The number of aryl methyl sites for hydroxylation is 1. The van der Waals surface area contributed by atoms with Crippen LogP contribution in [0, 0.1) is 6.92 Å². The maximum absolute atomic E-state index is 9.09. The number of carboxylic acid groups (broad SMARTS) is 2. The molecule has 0 aliphatic heterocycles. The van der Waals surface area contributed by atoms with Gasteiger partial charge in [0.05, 0.1) is 0 Å². The van der Waals surface area contributed by atoms with Crippen LogP contribution in [-0.4, -0.2) is 27.3 Å². The first-order valence-corrected chi connectivity index (χ1v) is 7.42. The molecule has 6 heteroatoms. The van der Waals surface area contributed by atoms with Gasteiger partial charge in [0.15, 0.2) is 0 Å². The van der Waals surface area contributed by atoms with Crippen molar-refractivity contribution in [1.82, 2.24) is 0 Å². The van der Waals surface area contributed by atoms with Crippen LogP contribution in [0.2, 0.25) is 0 Å². The molecule has 0 amide bonds. The fourth-order valence-electron chi connectivity index (χ4n) is 0.714. The summed E-state index contributed by atoms with van der Waals surface area (Å²) in [5.74, 6) is -1.20. The van der Waals surface area contributed by atoms with Crippen LogP contribution >= 0.6 is 0 Å². The van der Waals surface area contributed by atoms with Gasteiger partial charge in [-0.15, -0.1) is 0 Å². The molecule has 1 aromatic rings. The van der Waals surface area contributed by atoms with E-state index in [0.717, 1.165) is 16.9 Å². The normalized spacial score (nSPS) is 8.06. The van der Waals surface area contributed by atoms with Crippen LogP contribution in [0.3, 0.4) is 0 Å². The number of hydrogen-bond acceptors (Lipinski definition) is 3. The second-order valence-electron chi connectivity index (χ2n) is 3.17. The Kier molecular flexibility index (Phi) is 10.8. The Balaban J connectivity index is 0. The molecule has 0 saturated heterocycles. The van der Waals surface area contributed by atoms with Crippen LogP contribution in [-0.2, 0) is 35.7 Å². The van der Waals surface area contributed by atoms with Crippen LogP contribution in [0.15, 0.2) is 18.2 Å². The fraction of sp³-hybridized carbons (Fsp3) is 0.273. The summed E-state index contributed by atoms with van der Waals surface area (Å²) >= 11 is 0.538. The zero-order chi connectivity index (χ0) is 14.0. The summed E-state index contributed by atoms with van der Waals surface area (Å²) in [6, 6.07) is 5.72. The zero-order valence-corrected chi connectivity index (χ0v) is 15.6. The average molecular weight is 428 g/mol. The number of hydrogen-bond donors (Lipinski definition) is 3. The number of aliphatic carboxylic acids is 2. The first-order valence-electron chi connectivity index (χ1n) is 4.67. The van der Waals surface area contributed by atoms with E-state index >= 15 is 0 Å². The molecule has 0 fully saturated rings. The molecule has 0 radical (unpaired) electrons. The topological polar surface area (TPSA) is 94.8 Å². The Labute approximate surface area is 116 Å². The standard InChI is InChI=1S/C7H7O.2C2H4O2.Hg/c1-6-2-4-7(8)5-3-6;2*1-2(3)4;/h2-4,8H,1H3;2*1H3,(H,3,4);. The monoisotopic (exact) mass is 429 g/mol. The molecule has 0 aromatic heterocycles. The fourth-order valence-corrected chi connectivity index (χ4v) is 2.42. The molecular weight excluding hydrogens is 413 g/mol. The molecular formula is C11H15HgO5. The molecule has 1 aromatic carbocycles. The summed E-state index contributed by atoms with van der Waals surface area (Å²) in [5, 5.41) is 23.9. The molecule has 0 spiro atoms. The van der Waals surface area contributed by atoms with E-state index in [0.29, 0.717) is 31.9 Å². The third-order valence-electron chi connectivity index (χ3n) is 1.23. The van der Waals surface area contributed by atoms with Gasteiger partial charge in [-0.25, -0.2) is 0 Å². The SMILES string of the molecule is CC(=O)O.CC(=O)O.Cc1ccc(O)[c]([Hg])c1. The maximum atomic E-state index is 9.09. The van der Waals surface area contributed by atoms with E-state index in [4.69, 9.17) is 24.9 Å². The quantitative estimate of drug-likeness (QED) is 0.538. The predicted molar refractivity (Wildman–Crippen MR) is 59.1 cm³/mol. The van der Waals surface area contributed by atoms with Crippen molar-refractivity contribution in [3.63, 3.8) is 0 Å². The molecule has 0 aliphatic carbocycles. The summed E-state index contributed by atoms with van der Waals surface area (Å²) in [7, 11) is 0. The van der Waals surface area contributed by atoms with E-state index in [1.54, 1.807) is 6.07 Å². The van der Waals surface area contributed by atoms with Crippen LogP contribution in [0.5, 0.6) is 5.75 Å². The van der Waals surface area contributed by atoms with Crippen molar-refractivity contribution in [3.05, 3.63) is 23.8 Å². The molecule has 17 heavy (non-hydrogen) atoms. The average Bonchev–Trinajstić information content (AvgIpc) is 2.10. The molecule has 0 saturated carbocycles. The molecule has 0 unspecified atom stereocenters. The number of carboxylic acids is 2. The van der Waals surface area contributed by atoms with Gasteiger partial charge in [-0.1, -0.05) is 0 Å². The van der Waals surface area contributed by atoms with E-state index in [1.807, 2.05) is 19.1 Å². The summed E-state index contributed by atoms with van der Waals surface area (Å²) in [5.41, 5.74) is 1.23. The van der Waals surface area contributed by atoms with E-state index in [1.165, 1.54) is 5.56 Å². The Bertz CT molecular complexity index is 356. The van der Waals surface area contributed by atoms with Crippen molar-refractivity contribution in [3.8, 4) is 5.75 Å². The molecule has 1 rings (SSSR count). The number of aromatic hydroxyl groups is 1. The van der Waals surface area contributed by atoms with Crippen molar-refractivity contribution in [2.24, 2.45) is 0 Å². The van der Waals surface area contributed by atoms with Gasteiger partial charge < -0.3 is 10.2 Å². The first kappa shape index (κ1) is 18.3. The second-order valence-corrected chi connectivity index (χ2v) is 6.13. The number of phenolic OH excluding ortho intramolecular Hbond substituents is 1. The van der Waals surface area contributed by atoms with Crippen LogP contribution < -0.4 is 3.07 Å². The number of phenols is 1. The Morgan fingerprint density at radius 2 is 1.47 bits per heavy atom. The Hall–Kier alpha value is -1.10. The minimum atomic E-state index is -0.833. The van der Waals surface area contributed by atoms with Gasteiger partial charge in [0.25, 0.3) is 11.9 Å². The Morgan fingerprint density at radius 3 is 1.71 bits per heavy atom. The minimum absolute atomic E-state index is 0.462. The first-order chi connectivity index (χ1) is 7.66. The molecule has 5 nitrogen and oxygen atoms in total. The van der Waals surface area contributed by atoms with Crippen LogP contribution in [0.4, 0.5) is 0 Å². The zero-order valence-electron chi connectivity index (χ0n) is 10.1. The van der Waals surface area contributed by atoms with Crippen LogP contribution in [0.25, 0.3) is 0 Å². The summed E-state index contributed by atoms with van der Waals surface area (Å²) < 4.78 is 1.13. The molecule has 0 atom stereocenters. The number of rotatable bonds is 0. The Morgan fingerprint density at radius 1 is 1.12 bits per heavy atom. The summed E-state index contributed by atoms with van der Waals surface area (Å²) in [4.78, 5) is 18.0. The second kappa shape index (κ2) is 10.1. The molecule has 0 bridgehead atoms. The van der Waals surface area contributed by atoms with E-state index in [2.05, 4.69) is 0 Å². The van der Waals surface area contributed by atoms with Crippen molar-refractivity contribution < 1.29 is 51.0 Å². The van der Waals surface area contributed by atoms with Gasteiger partial charge in [-0.2, -0.15) is 0 Å². The van der Waals surface area contributed by atoms with Gasteiger partial charge in [0, 0.05) is 13.8 Å². The van der Waals surface area contributed by atoms with E-state index in [9.17, 15) is 0 Å².